The monoisotopic (exact) mass is 477 g/mol. The van der Waals surface area contributed by atoms with E-state index >= 15 is 0 Å². The van der Waals surface area contributed by atoms with Crippen LogP contribution in [0.25, 0.3) is 56.1 Å². The molecule has 0 aliphatic rings. The Hall–Kier alpha value is -4.70. The molecule has 6 aromatic heterocycles. The van der Waals surface area contributed by atoms with Gasteiger partial charge in [0.25, 0.3) is 0 Å². The number of hydrogen-bond acceptors (Lipinski definition) is 8. The lowest BCUT2D eigenvalue weighted by molar-refractivity contribution is 0.153. The third-order valence-electron chi connectivity index (χ3n) is 5.97. The van der Waals surface area contributed by atoms with E-state index in [0.29, 0.717) is 28.4 Å². The molecular formula is C26H23N9O. The SMILES string of the molecule is CC(C)C(O)Nc1cncc(-c2ccc3[nH]nc(-c4nc5c(-c6cccnc6)ccnc5[nH]4)c3n2)c1. The highest BCUT2D eigenvalue weighted by molar-refractivity contribution is 5.94. The smallest absolute Gasteiger partial charge is 0.162 e. The lowest BCUT2D eigenvalue weighted by Gasteiger charge is -2.17. The second-order valence-electron chi connectivity index (χ2n) is 8.84. The summed E-state index contributed by atoms with van der Waals surface area (Å²) in [4.78, 5) is 26.0. The Morgan fingerprint density at radius 1 is 0.917 bits per heavy atom. The van der Waals surface area contributed by atoms with Crippen LogP contribution < -0.4 is 5.32 Å². The average Bonchev–Trinajstić information content (AvgIpc) is 3.53. The molecule has 1 unspecified atom stereocenters. The average molecular weight is 478 g/mol. The zero-order valence-corrected chi connectivity index (χ0v) is 19.6. The summed E-state index contributed by atoms with van der Waals surface area (Å²) in [6, 6.07) is 11.6. The van der Waals surface area contributed by atoms with Gasteiger partial charge in [-0.05, 0) is 36.2 Å². The van der Waals surface area contributed by atoms with Crippen LogP contribution in [-0.2, 0) is 0 Å². The summed E-state index contributed by atoms with van der Waals surface area (Å²) in [6.07, 6.45) is 8.04. The number of imidazole rings is 1. The van der Waals surface area contributed by atoms with Crippen LogP contribution in [0.5, 0.6) is 0 Å². The second kappa shape index (κ2) is 8.82. The van der Waals surface area contributed by atoms with Crippen LogP contribution in [0, 0.1) is 5.92 Å². The summed E-state index contributed by atoms with van der Waals surface area (Å²) < 4.78 is 0. The number of aliphatic hydroxyl groups is 1. The fraction of sp³-hybridized carbons (Fsp3) is 0.154. The number of aromatic nitrogens is 8. The van der Waals surface area contributed by atoms with E-state index < -0.39 is 6.23 Å². The predicted molar refractivity (Wildman–Crippen MR) is 138 cm³/mol. The quantitative estimate of drug-likeness (QED) is 0.259. The van der Waals surface area contributed by atoms with Crippen LogP contribution >= 0.6 is 0 Å². The molecule has 0 saturated carbocycles. The van der Waals surface area contributed by atoms with Crippen molar-refractivity contribution in [1.82, 2.24) is 40.1 Å². The molecule has 36 heavy (non-hydrogen) atoms. The van der Waals surface area contributed by atoms with Crippen LogP contribution in [0.4, 0.5) is 5.69 Å². The molecule has 0 fully saturated rings. The molecule has 10 nitrogen and oxygen atoms in total. The Kier molecular flexibility index (Phi) is 5.34. The van der Waals surface area contributed by atoms with Crippen molar-refractivity contribution in [2.45, 2.75) is 20.1 Å². The molecule has 10 heteroatoms. The zero-order valence-electron chi connectivity index (χ0n) is 19.6. The van der Waals surface area contributed by atoms with Gasteiger partial charge in [0.05, 0.1) is 23.1 Å². The van der Waals surface area contributed by atoms with Crippen molar-refractivity contribution in [2.24, 2.45) is 5.92 Å². The maximum atomic E-state index is 10.2. The minimum atomic E-state index is -0.670. The molecule has 178 valence electrons. The molecule has 0 radical (unpaired) electrons. The highest BCUT2D eigenvalue weighted by Crippen LogP contribution is 2.31. The van der Waals surface area contributed by atoms with Crippen LogP contribution in [-0.4, -0.2) is 51.4 Å². The van der Waals surface area contributed by atoms with E-state index in [1.54, 1.807) is 31.0 Å². The van der Waals surface area contributed by atoms with E-state index in [2.05, 4.69) is 35.5 Å². The minimum Gasteiger partial charge on any atom is -0.374 e. The van der Waals surface area contributed by atoms with Gasteiger partial charge in [0, 0.05) is 41.5 Å². The summed E-state index contributed by atoms with van der Waals surface area (Å²) in [5.41, 5.74) is 7.60. The van der Waals surface area contributed by atoms with Gasteiger partial charge < -0.3 is 15.4 Å². The van der Waals surface area contributed by atoms with Gasteiger partial charge in [-0.25, -0.2) is 15.0 Å². The third-order valence-corrected chi connectivity index (χ3v) is 5.97. The fourth-order valence-corrected chi connectivity index (χ4v) is 4.00. The fourth-order valence-electron chi connectivity index (χ4n) is 4.00. The molecule has 0 bridgehead atoms. The molecular weight excluding hydrogens is 454 g/mol. The van der Waals surface area contributed by atoms with Gasteiger partial charge in [-0.2, -0.15) is 5.10 Å². The Labute approximate surface area is 205 Å². The normalized spacial score (nSPS) is 12.4. The highest BCUT2D eigenvalue weighted by Gasteiger charge is 2.18. The number of nitrogens with one attached hydrogen (secondary N) is 3. The molecule has 6 heterocycles. The van der Waals surface area contributed by atoms with Crippen molar-refractivity contribution in [3.63, 3.8) is 0 Å². The van der Waals surface area contributed by atoms with E-state index in [4.69, 9.17) is 9.97 Å². The molecule has 0 aromatic carbocycles. The van der Waals surface area contributed by atoms with E-state index in [1.807, 2.05) is 50.2 Å². The Balaban J connectivity index is 1.41. The number of aliphatic hydroxyl groups excluding tert-OH is 1. The van der Waals surface area contributed by atoms with Crippen LogP contribution in [0.3, 0.4) is 0 Å². The molecule has 1 atom stereocenters. The predicted octanol–water partition coefficient (Wildman–Crippen LogP) is 4.41. The molecule has 0 aliphatic carbocycles. The molecule has 4 N–H and O–H groups in total. The van der Waals surface area contributed by atoms with Gasteiger partial charge in [0.15, 0.2) is 17.2 Å². The largest absolute Gasteiger partial charge is 0.374 e. The summed E-state index contributed by atoms with van der Waals surface area (Å²) >= 11 is 0. The Morgan fingerprint density at radius 3 is 2.64 bits per heavy atom. The number of hydrogen-bond donors (Lipinski definition) is 4. The number of H-pyrrole nitrogens is 2. The van der Waals surface area contributed by atoms with Crippen LogP contribution in [0.2, 0.25) is 0 Å². The lowest BCUT2D eigenvalue weighted by Crippen LogP contribution is -2.24. The second-order valence-corrected chi connectivity index (χ2v) is 8.84. The zero-order chi connectivity index (χ0) is 24.6. The van der Waals surface area contributed by atoms with Crippen LogP contribution in [0.15, 0.2) is 67.4 Å². The standard InChI is InChI=1S/C26H23N9O/c1-14(2)26(36)30-17-10-16(12-28-13-17)19-5-6-20-22(31-19)23(35-34-20)25-32-21-18(7-9-29-24(21)33-25)15-4-3-8-27-11-15/h3-14,26,30,36H,1-2H3,(H,34,35)(H,29,32,33). The minimum absolute atomic E-state index is 0.0635. The molecule has 6 rings (SSSR count). The first-order valence-corrected chi connectivity index (χ1v) is 11.6. The van der Waals surface area contributed by atoms with Crippen molar-refractivity contribution in [2.75, 3.05) is 5.32 Å². The van der Waals surface area contributed by atoms with Gasteiger partial charge in [-0.3, -0.25) is 15.1 Å². The van der Waals surface area contributed by atoms with Gasteiger partial charge in [0.1, 0.15) is 17.3 Å². The Morgan fingerprint density at radius 2 is 1.81 bits per heavy atom. The summed E-state index contributed by atoms with van der Waals surface area (Å²) in [7, 11) is 0. The number of rotatable bonds is 6. The van der Waals surface area contributed by atoms with E-state index in [0.717, 1.165) is 33.4 Å². The molecule has 0 spiro atoms. The van der Waals surface area contributed by atoms with Gasteiger partial charge in [-0.1, -0.05) is 19.9 Å². The maximum Gasteiger partial charge on any atom is 0.162 e. The molecule has 0 saturated heterocycles. The first-order valence-electron chi connectivity index (χ1n) is 11.6. The third kappa shape index (κ3) is 3.93. The topological polar surface area (TPSA) is 141 Å². The van der Waals surface area contributed by atoms with Gasteiger partial charge >= 0.3 is 0 Å². The summed E-state index contributed by atoms with van der Waals surface area (Å²) in [5.74, 6) is 0.631. The van der Waals surface area contributed by atoms with E-state index in [1.165, 1.54) is 0 Å². The van der Waals surface area contributed by atoms with Gasteiger partial charge in [-0.15, -0.1) is 0 Å². The van der Waals surface area contributed by atoms with Crippen LogP contribution in [0.1, 0.15) is 13.8 Å². The van der Waals surface area contributed by atoms with Crippen molar-refractivity contribution in [3.05, 3.63) is 67.4 Å². The number of fused-ring (bicyclic) bond motifs is 2. The highest BCUT2D eigenvalue weighted by atomic mass is 16.3. The van der Waals surface area contributed by atoms with Crippen molar-refractivity contribution < 1.29 is 5.11 Å². The molecule has 0 amide bonds. The first-order chi connectivity index (χ1) is 17.6. The molecule has 6 aromatic rings. The number of nitrogens with zero attached hydrogens (tertiary/aromatic N) is 6. The van der Waals surface area contributed by atoms with E-state index in [9.17, 15) is 5.11 Å². The number of aromatic amines is 2. The maximum absolute atomic E-state index is 10.2. The van der Waals surface area contributed by atoms with E-state index in [-0.39, 0.29) is 5.92 Å². The van der Waals surface area contributed by atoms with Crippen molar-refractivity contribution >= 4 is 27.9 Å². The van der Waals surface area contributed by atoms with Crippen molar-refractivity contribution in [3.8, 4) is 33.9 Å². The Bertz CT molecular complexity index is 1670. The summed E-state index contributed by atoms with van der Waals surface area (Å²) in [6.45, 7) is 3.89. The number of anilines is 1. The molecule has 0 aliphatic heterocycles. The number of pyridine rings is 4. The summed E-state index contributed by atoms with van der Waals surface area (Å²) in [5, 5.41) is 20.8. The van der Waals surface area contributed by atoms with Crippen molar-refractivity contribution in [1.29, 1.82) is 0 Å². The van der Waals surface area contributed by atoms with Gasteiger partial charge in [0.2, 0.25) is 0 Å². The first kappa shape index (κ1) is 21.8. The lowest BCUT2D eigenvalue weighted by atomic mass is 10.1.